The lowest BCUT2D eigenvalue weighted by Gasteiger charge is -2.38. The monoisotopic (exact) mass is 205 g/mol. The summed E-state index contributed by atoms with van der Waals surface area (Å²) in [5.41, 5.74) is 7.60. The molecule has 0 aliphatic carbocycles. The van der Waals surface area contributed by atoms with Gasteiger partial charge in [-0.2, -0.15) is 0 Å². The van der Waals surface area contributed by atoms with Gasteiger partial charge in [0.05, 0.1) is 11.4 Å². The van der Waals surface area contributed by atoms with Gasteiger partial charge in [-0.15, -0.1) is 0 Å². The summed E-state index contributed by atoms with van der Waals surface area (Å²) in [6, 6.07) is 5.49. The Morgan fingerprint density at radius 1 is 1.40 bits per heavy atom. The van der Waals surface area contributed by atoms with E-state index in [0.29, 0.717) is 5.69 Å². The average Bonchev–Trinajstić information content (AvgIpc) is 2.13. The number of anilines is 3. The third-order valence-corrected chi connectivity index (χ3v) is 2.67. The van der Waals surface area contributed by atoms with Crippen LogP contribution in [0.25, 0.3) is 0 Å². The van der Waals surface area contributed by atoms with Crippen LogP contribution < -0.4 is 16.0 Å². The molecule has 0 unspecified atom stereocenters. The molecular weight excluding hydrogens is 190 g/mol. The first kappa shape index (κ1) is 9.83. The van der Waals surface area contributed by atoms with Crippen molar-refractivity contribution in [1.82, 2.24) is 0 Å². The van der Waals surface area contributed by atoms with E-state index in [1.54, 1.807) is 18.0 Å². The molecule has 0 fully saturated rings. The van der Waals surface area contributed by atoms with E-state index in [-0.39, 0.29) is 5.91 Å². The fraction of sp³-hybridized carbons (Fsp3) is 0.364. The number of nitrogens with two attached hydrogens (primary N) is 1. The van der Waals surface area contributed by atoms with Gasteiger partial charge in [0.2, 0.25) is 0 Å². The van der Waals surface area contributed by atoms with Gasteiger partial charge in [0, 0.05) is 12.7 Å². The van der Waals surface area contributed by atoms with E-state index >= 15 is 0 Å². The van der Waals surface area contributed by atoms with Crippen molar-refractivity contribution in [3.05, 3.63) is 18.2 Å². The standard InChI is InChI=1S/C11H15N3O/c1-11(2)10(15)14(3)9-5-4-7(12)6-8(9)13-11/h4-6,13H,12H2,1-3H3. The average molecular weight is 205 g/mol. The zero-order valence-electron chi connectivity index (χ0n) is 9.16. The van der Waals surface area contributed by atoms with Crippen LogP contribution in [0, 0.1) is 0 Å². The van der Waals surface area contributed by atoms with Gasteiger partial charge in [-0.1, -0.05) is 0 Å². The largest absolute Gasteiger partial charge is 0.399 e. The Kier molecular flexibility index (Phi) is 1.89. The minimum absolute atomic E-state index is 0.0553. The lowest BCUT2D eigenvalue weighted by Crippen LogP contribution is -2.52. The normalized spacial score (nSPS) is 18.3. The highest BCUT2D eigenvalue weighted by Gasteiger charge is 2.36. The molecule has 1 aliphatic heterocycles. The lowest BCUT2D eigenvalue weighted by atomic mass is 9.98. The minimum Gasteiger partial charge on any atom is -0.399 e. The summed E-state index contributed by atoms with van der Waals surface area (Å²) in [5, 5.41) is 3.19. The Morgan fingerprint density at radius 3 is 2.73 bits per heavy atom. The highest BCUT2D eigenvalue weighted by atomic mass is 16.2. The number of amides is 1. The Morgan fingerprint density at radius 2 is 2.07 bits per heavy atom. The minimum atomic E-state index is -0.574. The fourth-order valence-corrected chi connectivity index (χ4v) is 1.87. The number of hydrogen-bond donors (Lipinski definition) is 2. The predicted octanol–water partition coefficient (Wildman–Crippen LogP) is 1.44. The van der Waals surface area contributed by atoms with E-state index in [1.165, 1.54) is 0 Å². The van der Waals surface area contributed by atoms with Crippen molar-refractivity contribution in [3.8, 4) is 0 Å². The van der Waals surface area contributed by atoms with Gasteiger partial charge >= 0.3 is 0 Å². The van der Waals surface area contributed by atoms with Crippen molar-refractivity contribution in [2.24, 2.45) is 0 Å². The van der Waals surface area contributed by atoms with Gasteiger partial charge in [-0.05, 0) is 32.0 Å². The van der Waals surface area contributed by atoms with Crippen LogP contribution >= 0.6 is 0 Å². The van der Waals surface area contributed by atoms with Crippen LogP contribution in [0.15, 0.2) is 18.2 Å². The Labute approximate surface area is 89.1 Å². The van der Waals surface area contributed by atoms with Crippen LogP contribution in [0.3, 0.4) is 0 Å². The molecule has 1 aromatic rings. The molecule has 1 aromatic carbocycles. The van der Waals surface area contributed by atoms with Gasteiger partial charge in [-0.25, -0.2) is 0 Å². The van der Waals surface area contributed by atoms with E-state index in [2.05, 4.69) is 5.32 Å². The van der Waals surface area contributed by atoms with Crippen LogP contribution in [0.5, 0.6) is 0 Å². The summed E-state index contributed by atoms with van der Waals surface area (Å²) in [6.45, 7) is 3.72. The number of fused-ring (bicyclic) bond motifs is 1. The van der Waals surface area contributed by atoms with Gasteiger partial charge in [-0.3, -0.25) is 4.79 Å². The molecule has 0 bridgehead atoms. The van der Waals surface area contributed by atoms with Crippen molar-refractivity contribution in [2.45, 2.75) is 19.4 Å². The molecule has 0 aromatic heterocycles. The van der Waals surface area contributed by atoms with Crippen molar-refractivity contribution >= 4 is 23.0 Å². The number of rotatable bonds is 0. The Hall–Kier alpha value is -1.71. The molecule has 1 amide bonds. The molecule has 0 saturated heterocycles. The van der Waals surface area contributed by atoms with Crippen molar-refractivity contribution < 1.29 is 4.79 Å². The topological polar surface area (TPSA) is 58.4 Å². The number of nitrogen functional groups attached to an aromatic ring is 1. The molecule has 80 valence electrons. The SMILES string of the molecule is CN1C(=O)C(C)(C)Nc2cc(N)ccc21. The lowest BCUT2D eigenvalue weighted by molar-refractivity contribution is -0.121. The summed E-state index contributed by atoms with van der Waals surface area (Å²) in [4.78, 5) is 13.6. The molecule has 15 heavy (non-hydrogen) atoms. The molecule has 2 rings (SSSR count). The number of carbonyl (C=O) groups is 1. The highest BCUT2D eigenvalue weighted by Crippen LogP contribution is 2.35. The van der Waals surface area contributed by atoms with Crippen LogP contribution in [0.4, 0.5) is 17.1 Å². The van der Waals surface area contributed by atoms with Crippen molar-refractivity contribution in [3.63, 3.8) is 0 Å². The van der Waals surface area contributed by atoms with E-state index in [0.717, 1.165) is 11.4 Å². The predicted molar refractivity (Wildman–Crippen MR) is 62.0 cm³/mol. The Bertz CT molecular complexity index is 426. The first-order valence-electron chi connectivity index (χ1n) is 4.88. The summed E-state index contributed by atoms with van der Waals surface area (Å²) >= 11 is 0. The third kappa shape index (κ3) is 1.42. The van der Waals surface area contributed by atoms with Gasteiger partial charge in [0.15, 0.2) is 0 Å². The van der Waals surface area contributed by atoms with E-state index in [4.69, 9.17) is 5.73 Å². The van der Waals surface area contributed by atoms with Crippen molar-refractivity contribution in [2.75, 3.05) is 23.0 Å². The van der Waals surface area contributed by atoms with Crippen LogP contribution in [-0.2, 0) is 4.79 Å². The highest BCUT2D eigenvalue weighted by molar-refractivity contribution is 6.07. The molecule has 0 atom stereocenters. The second kappa shape index (κ2) is 2.89. The van der Waals surface area contributed by atoms with E-state index in [9.17, 15) is 4.79 Å². The molecule has 0 saturated carbocycles. The van der Waals surface area contributed by atoms with Gasteiger partial charge < -0.3 is 16.0 Å². The number of nitrogens with one attached hydrogen (secondary N) is 1. The number of likely N-dealkylation sites (N-methyl/N-ethyl adjacent to an activating group) is 1. The molecule has 0 radical (unpaired) electrons. The maximum absolute atomic E-state index is 11.9. The summed E-state index contributed by atoms with van der Waals surface area (Å²) < 4.78 is 0. The summed E-state index contributed by atoms with van der Waals surface area (Å²) in [5.74, 6) is 0.0553. The smallest absolute Gasteiger partial charge is 0.251 e. The molecule has 1 heterocycles. The second-order valence-electron chi connectivity index (χ2n) is 4.39. The first-order valence-corrected chi connectivity index (χ1v) is 4.88. The van der Waals surface area contributed by atoms with Gasteiger partial charge in [0.1, 0.15) is 5.54 Å². The molecule has 1 aliphatic rings. The number of benzene rings is 1. The molecule has 0 spiro atoms. The number of carbonyl (C=O) groups excluding carboxylic acids is 1. The molecular formula is C11H15N3O. The zero-order chi connectivity index (χ0) is 11.2. The molecule has 4 heteroatoms. The van der Waals surface area contributed by atoms with Crippen molar-refractivity contribution in [1.29, 1.82) is 0 Å². The number of nitrogens with zero attached hydrogens (tertiary/aromatic N) is 1. The molecule has 4 nitrogen and oxygen atoms in total. The molecule has 3 N–H and O–H groups in total. The van der Waals surface area contributed by atoms with Crippen LogP contribution in [0.2, 0.25) is 0 Å². The quantitative estimate of drug-likeness (QED) is 0.630. The van der Waals surface area contributed by atoms with Gasteiger partial charge in [0.25, 0.3) is 5.91 Å². The maximum Gasteiger partial charge on any atom is 0.251 e. The number of hydrogen-bond acceptors (Lipinski definition) is 3. The maximum atomic E-state index is 11.9. The second-order valence-corrected chi connectivity index (χ2v) is 4.39. The summed E-state index contributed by atoms with van der Waals surface area (Å²) in [7, 11) is 1.78. The summed E-state index contributed by atoms with van der Waals surface area (Å²) in [6.07, 6.45) is 0. The Balaban J connectivity index is 2.55. The van der Waals surface area contributed by atoms with Crippen LogP contribution in [-0.4, -0.2) is 18.5 Å². The third-order valence-electron chi connectivity index (χ3n) is 2.67. The first-order chi connectivity index (χ1) is 6.92. The van der Waals surface area contributed by atoms with E-state index in [1.807, 2.05) is 26.0 Å². The van der Waals surface area contributed by atoms with E-state index < -0.39 is 5.54 Å². The van der Waals surface area contributed by atoms with Crippen LogP contribution in [0.1, 0.15) is 13.8 Å². The fourth-order valence-electron chi connectivity index (χ4n) is 1.87. The zero-order valence-corrected chi connectivity index (χ0v) is 9.16.